The number of hydrogen-bond acceptors (Lipinski definition) is 30. The van der Waals surface area contributed by atoms with E-state index in [9.17, 15) is 34.5 Å². The molecule has 7 heterocycles. The molecule has 3 fully saturated rings. The van der Waals surface area contributed by atoms with Crippen molar-refractivity contribution >= 4 is 63.2 Å². The number of nitrogen functional groups attached to an aromatic ring is 2. The lowest BCUT2D eigenvalue weighted by Gasteiger charge is -2.43. The molecule has 666 valence electrons. The van der Waals surface area contributed by atoms with Crippen LogP contribution >= 0.6 is 0 Å². The fourth-order valence-electron chi connectivity index (χ4n) is 16.1. The third-order valence-electron chi connectivity index (χ3n) is 23.1. The molecule has 8 N–H and O–H groups in total. The maximum absolute atomic E-state index is 14.9. The lowest BCUT2D eigenvalue weighted by Crippen LogP contribution is -2.61. The van der Waals surface area contributed by atoms with Crippen molar-refractivity contribution in [1.82, 2.24) is 49.9 Å². The summed E-state index contributed by atoms with van der Waals surface area (Å²) in [4.78, 5) is 76.6. The zero-order chi connectivity index (χ0) is 86.1. The molecule has 120 heavy (non-hydrogen) atoms. The number of piperidine rings is 1. The highest BCUT2D eigenvalue weighted by Gasteiger charge is 2.53. The molecule has 1 aliphatic carbocycles. The average Bonchev–Trinajstić information content (AvgIpc) is 1.54. The molecule has 3 aliphatic heterocycles. The number of aliphatic hydroxyl groups is 3. The van der Waals surface area contributed by atoms with Gasteiger partial charge >= 0.3 is 5.97 Å². The van der Waals surface area contributed by atoms with Crippen molar-refractivity contribution < 1.29 is 101 Å². The quantitative estimate of drug-likeness (QED) is 0.00714. The van der Waals surface area contributed by atoms with E-state index in [2.05, 4.69) is 43.6 Å². The second kappa shape index (κ2) is 49.3. The molecule has 4 aliphatic rings. The number of unbranched alkanes of at least 4 members (excludes halogenated alkanes) is 1. The van der Waals surface area contributed by atoms with Gasteiger partial charge in [0, 0.05) is 90.7 Å². The normalized spacial score (nSPS) is 28.3. The first-order chi connectivity index (χ1) is 57.9. The zero-order valence-electron chi connectivity index (χ0n) is 72.0. The minimum atomic E-state index is -2.44. The van der Waals surface area contributed by atoms with Crippen molar-refractivity contribution in [3.8, 4) is 11.3 Å². The predicted molar refractivity (Wildman–Crippen MR) is 447 cm³/mol. The molecule has 5 aromatic rings. The van der Waals surface area contributed by atoms with Crippen LogP contribution in [0.15, 0.2) is 87.9 Å². The highest BCUT2D eigenvalue weighted by Crippen LogP contribution is 2.39. The number of esters is 1. The molecule has 34 heteroatoms. The summed E-state index contributed by atoms with van der Waals surface area (Å²) in [5, 5.41) is 57.1. The molecule has 0 unspecified atom stereocenters. The van der Waals surface area contributed by atoms with E-state index in [-0.39, 0.29) is 86.6 Å². The van der Waals surface area contributed by atoms with Crippen LogP contribution in [0.2, 0.25) is 0 Å². The molecule has 34 nitrogen and oxygen atoms in total. The number of carbonyl (C=O) groups is 4. The summed E-state index contributed by atoms with van der Waals surface area (Å²) in [6, 6.07) is 4.46. The van der Waals surface area contributed by atoms with Crippen LogP contribution in [-0.2, 0) is 101 Å². The topological polar surface area (TPSA) is 429 Å². The number of cyclic esters (lactones) is 1. The van der Waals surface area contributed by atoms with Gasteiger partial charge in [0.2, 0.25) is 11.7 Å². The molecule has 1 aromatic carbocycles. The second-order valence-corrected chi connectivity index (χ2v) is 32.1. The number of Topliss-reactive ketones (excluding diaryl/α,β-unsaturated/α-hetero) is 1. The number of amides is 2. The van der Waals surface area contributed by atoms with E-state index in [0.717, 1.165) is 30.4 Å². The van der Waals surface area contributed by atoms with Crippen LogP contribution in [0.25, 0.3) is 33.4 Å². The van der Waals surface area contributed by atoms with Gasteiger partial charge in [-0.3, -0.25) is 14.4 Å². The molecule has 0 radical (unpaired) electrons. The zero-order valence-corrected chi connectivity index (χ0v) is 72.0. The lowest BCUT2D eigenvalue weighted by molar-refractivity contribution is -0.265. The first-order valence-electron chi connectivity index (χ1n) is 42.5. The van der Waals surface area contributed by atoms with E-state index >= 15 is 0 Å². The van der Waals surface area contributed by atoms with Crippen LogP contribution in [0.5, 0.6) is 0 Å². The number of aliphatic hydroxyl groups excluding tert-OH is 2. The van der Waals surface area contributed by atoms with E-state index in [1.807, 2.05) is 77.1 Å². The van der Waals surface area contributed by atoms with Crippen molar-refractivity contribution in [3.63, 3.8) is 0 Å². The van der Waals surface area contributed by atoms with Crippen molar-refractivity contribution in [1.29, 1.82) is 0 Å². The van der Waals surface area contributed by atoms with Crippen molar-refractivity contribution in [2.45, 2.75) is 225 Å². The number of allylic oxidation sites excluding steroid dienone is 5. The summed E-state index contributed by atoms with van der Waals surface area (Å²) in [5.41, 5.74) is 17.7. The Morgan fingerprint density at radius 1 is 0.767 bits per heavy atom. The summed E-state index contributed by atoms with van der Waals surface area (Å²) in [6.45, 7) is 19.6. The Kier molecular flexibility index (Phi) is 39.3. The number of ketones is 1. The minimum Gasteiger partial charge on any atom is -0.460 e. The fraction of sp³-hybridized carbons (Fsp3) is 0.686. The lowest BCUT2D eigenvalue weighted by atomic mass is 9.78. The van der Waals surface area contributed by atoms with Gasteiger partial charge in [0.15, 0.2) is 17.8 Å². The largest absolute Gasteiger partial charge is 0.460 e. The molecule has 2 saturated heterocycles. The summed E-state index contributed by atoms with van der Waals surface area (Å²) < 4.78 is 79.8. The third kappa shape index (κ3) is 28.2. The number of ether oxygens (including phenoxy) is 12. The number of oxazole rings is 1. The minimum absolute atomic E-state index is 0.0211. The number of aromatic nitrogens is 8. The van der Waals surface area contributed by atoms with Crippen molar-refractivity contribution in [2.24, 2.45) is 40.7 Å². The van der Waals surface area contributed by atoms with Crippen LogP contribution in [0, 0.1) is 35.5 Å². The van der Waals surface area contributed by atoms with Gasteiger partial charge in [-0.15, -0.1) is 5.10 Å². The van der Waals surface area contributed by atoms with Gasteiger partial charge in [-0.25, -0.2) is 24.1 Å². The van der Waals surface area contributed by atoms with E-state index in [4.69, 9.17) is 87.8 Å². The molecular weight excluding hydrogens is 1550 g/mol. The standard InChI is InChI=1S/C86H131N13O21/c1-55-19-13-12-14-20-56(2)70(107-8)50-65-25-22-61(7)86(106,120-65)80(103)83(104)98-30-17-15-21-67(98)84(105)118-72(58(4)47-62-23-26-68(100)73(48-62)109-10)51-71(108-9)57(3)46-60(6)78(102)79(110-11)76(59(5)45-55)95-117-53-64-52-97(96-93-64)32-34-112-36-38-114-40-42-116-44-43-115-41-39-113-37-35-111-33-28-74(101)89-29-16-18-31-99-82-75(81(87)90-54-91-82)77(94-99)63-24-27-69-66(49-63)92-85(88)119-69/h12-14,19-20,24,27,46,49,52,54-55,57-59,61-62,65,67-68,70-73,78-79,100,102,106H,15-18,21-23,25-26,28-45,47-48,50-51,53H2,1-11H3,(H2,88,92)(H,89,101)(H2,87,90,91)/b14-12+,19-13+,56-20+,60-46+,95-76?/t55-,57-,58-,59-,61-,62+,65+,67+,68-,70+,71-,72+,73-,78-,79+,86-/m1/s1. The number of nitrogens with two attached hydrogens (primary N) is 2. The molecular formula is C86H131N13O21. The summed E-state index contributed by atoms with van der Waals surface area (Å²) in [6.07, 6.45) is 17.2. The highest BCUT2D eigenvalue weighted by molar-refractivity contribution is 6.39. The van der Waals surface area contributed by atoms with Crippen LogP contribution in [0.4, 0.5) is 11.8 Å². The van der Waals surface area contributed by atoms with E-state index in [1.165, 1.54) is 18.3 Å². The maximum Gasteiger partial charge on any atom is 0.329 e. The number of rotatable bonds is 37. The number of oxime groups is 1. The van der Waals surface area contributed by atoms with Gasteiger partial charge in [-0.2, -0.15) is 10.1 Å². The van der Waals surface area contributed by atoms with Crippen LogP contribution in [0.3, 0.4) is 0 Å². The summed E-state index contributed by atoms with van der Waals surface area (Å²) >= 11 is 0. The van der Waals surface area contributed by atoms with Crippen LogP contribution < -0.4 is 16.8 Å². The molecule has 4 aromatic heterocycles. The average molecular weight is 1680 g/mol. The van der Waals surface area contributed by atoms with Gasteiger partial charge < -0.3 is 103 Å². The Bertz CT molecular complexity index is 4150. The molecule has 16 atom stereocenters. The number of hydrogen-bond donors (Lipinski definition) is 6. The fourth-order valence-corrected chi connectivity index (χ4v) is 16.1. The summed E-state index contributed by atoms with van der Waals surface area (Å²) in [5.74, 6) is -6.41. The number of methoxy groups -OCH3 is 4. The predicted octanol–water partition coefficient (Wildman–Crippen LogP) is 8.42. The Morgan fingerprint density at radius 2 is 1.48 bits per heavy atom. The van der Waals surface area contributed by atoms with Crippen molar-refractivity contribution in [3.05, 3.63) is 84.0 Å². The van der Waals surface area contributed by atoms with Crippen LogP contribution in [0.1, 0.15) is 150 Å². The number of anilines is 2. The molecule has 9 rings (SSSR count). The number of benzene rings is 1. The molecule has 0 spiro atoms. The smallest absolute Gasteiger partial charge is 0.329 e. The van der Waals surface area contributed by atoms with E-state index in [1.54, 1.807) is 49.9 Å². The maximum atomic E-state index is 14.9. The van der Waals surface area contributed by atoms with Crippen LogP contribution in [-0.4, -0.2) is 271 Å². The Labute approximate surface area is 704 Å². The number of carbonyl (C=O) groups excluding carboxylic acids is 4. The monoisotopic (exact) mass is 1680 g/mol. The van der Waals surface area contributed by atoms with E-state index in [0.29, 0.717) is 201 Å². The molecule has 2 amide bonds. The van der Waals surface area contributed by atoms with Gasteiger partial charge in [0.1, 0.15) is 53.4 Å². The SMILES string of the molecule is CO[C@H]1C[C@@H]2CC[C@@H](C)[C@@](O)(O2)C(=O)C(=O)N2CCCC[C@H]2C(=O)O[C@H]([C@H](C)C[C@@H]2CC[C@@H](O)[C@H](OC)C2)C[C@@H](OC)[C@H](C)/C=C(\C)[C@@H](O)[C@@H](OC)C(=NOCc2cn(CCOCCOCCOCCOCCOCCOCCC(=O)NCCCCn3nc(-c4ccc5oc(N)nc5c4)c4c(N)ncnc43)nn2)[C@H](C)C[C@H](C)/C=C/C=C/C=C/1C. The van der Waals surface area contributed by atoms with E-state index < -0.39 is 78.1 Å². The Balaban J connectivity index is 0.691. The highest BCUT2D eigenvalue weighted by atomic mass is 16.6. The Morgan fingerprint density at radius 3 is 2.17 bits per heavy atom. The Hall–Kier alpha value is -8.07. The first kappa shape index (κ1) is 95.8. The number of nitrogens with zero attached hydrogens (tertiary/aromatic N) is 10. The molecule has 1 saturated carbocycles. The number of aryl methyl sites for hydroxylation is 1. The number of fused-ring (bicyclic) bond motifs is 5. The van der Waals surface area contributed by atoms with Gasteiger partial charge in [0.25, 0.3) is 17.7 Å². The van der Waals surface area contributed by atoms with Crippen molar-refractivity contribution in [2.75, 3.05) is 132 Å². The van der Waals surface area contributed by atoms with Gasteiger partial charge in [0.05, 0.1) is 134 Å². The number of nitrogens with one attached hydrogen (secondary N) is 1. The second-order valence-electron chi connectivity index (χ2n) is 32.1. The first-order valence-corrected chi connectivity index (χ1v) is 42.5. The van der Waals surface area contributed by atoms with Gasteiger partial charge in [-0.1, -0.05) is 81.4 Å². The summed E-state index contributed by atoms with van der Waals surface area (Å²) in [7, 11) is 6.32. The third-order valence-corrected chi connectivity index (χ3v) is 23.1. The van der Waals surface area contributed by atoms with Gasteiger partial charge in [-0.05, 0) is 138 Å². The molecule has 2 bridgehead atoms.